The summed E-state index contributed by atoms with van der Waals surface area (Å²) in [7, 11) is 2.88. The molecule has 96 valence electrons. The minimum Gasteiger partial charge on any atom is -0.493 e. The Labute approximate surface area is 103 Å². The maximum absolute atomic E-state index is 11.8. The lowest BCUT2D eigenvalue weighted by molar-refractivity contribution is 0.0339. The van der Waals surface area contributed by atoms with Crippen molar-refractivity contribution in [1.29, 1.82) is 0 Å². The van der Waals surface area contributed by atoms with Crippen LogP contribution in [0.4, 0.5) is 4.79 Å². The third-order valence-electron chi connectivity index (χ3n) is 2.56. The van der Waals surface area contributed by atoms with Crippen LogP contribution in [0.5, 0.6) is 11.5 Å². The fraction of sp³-hybridized carbons (Fsp3) is 0.273. The molecule has 0 saturated carbocycles. The van der Waals surface area contributed by atoms with Crippen LogP contribution in [0.25, 0.3) is 0 Å². The molecule has 0 radical (unpaired) electrons. The van der Waals surface area contributed by atoms with Crippen LogP contribution >= 0.6 is 0 Å². The molecule has 1 heterocycles. The first-order valence-electron chi connectivity index (χ1n) is 5.10. The van der Waals surface area contributed by atoms with E-state index < -0.39 is 18.2 Å². The Hall–Kier alpha value is -2.44. The second-order valence-electron chi connectivity index (χ2n) is 3.56. The molecule has 0 aromatic heterocycles. The number of urea groups is 1. The highest BCUT2D eigenvalue weighted by Gasteiger charge is 2.36. The van der Waals surface area contributed by atoms with Gasteiger partial charge in [-0.15, -0.1) is 0 Å². The number of carbonyl (C=O) groups is 2. The molecule has 2 rings (SSSR count). The van der Waals surface area contributed by atoms with Gasteiger partial charge in [-0.2, -0.15) is 0 Å². The first-order valence-corrected chi connectivity index (χ1v) is 5.10. The lowest BCUT2D eigenvalue weighted by Gasteiger charge is -2.12. The zero-order valence-corrected chi connectivity index (χ0v) is 9.85. The van der Waals surface area contributed by atoms with E-state index in [1.165, 1.54) is 14.2 Å². The van der Waals surface area contributed by atoms with Gasteiger partial charge in [0.2, 0.25) is 6.23 Å². The van der Waals surface area contributed by atoms with Crippen molar-refractivity contribution in [3.8, 4) is 11.5 Å². The second kappa shape index (κ2) is 4.44. The molecule has 0 spiro atoms. The molecule has 1 aromatic carbocycles. The number of esters is 1. The summed E-state index contributed by atoms with van der Waals surface area (Å²) in [5, 5.41) is 2.32. The maximum atomic E-state index is 11.8. The van der Waals surface area contributed by atoms with Crippen LogP contribution in [0.1, 0.15) is 22.1 Å². The Balaban J connectivity index is 2.50. The smallest absolute Gasteiger partial charge is 0.344 e. The van der Waals surface area contributed by atoms with Crippen molar-refractivity contribution in [3.05, 3.63) is 23.3 Å². The minimum atomic E-state index is -0.898. The van der Waals surface area contributed by atoms with Crippen LogP contribution in [0.2, 0.25) is 0 Å². The van der Waals surface area contributed by atoms with Crippen LogP contribution in [0.15, 0.2) is 12.1 Å². The number of nitrogens with two attached hydrogens (primary N) is 1. The molecule has 3 N–H and O–H groups in total. The van der Waals surface area contributed by atoms with Gasteiger partial charge in [-0.3, -0.25) is 5.32 Å². The SMILES string of the molecule is COc1ccc2c(c1OC)C(=O)OC2NC(N)=O. The highest BCUT2D eigenvalue weighted by molar-refractivity contribution is 5.98. The number of hydrogen-bond donors (Lipinski definition) is 2. The first kappa shape index (κ1) is 12.0. The van der Waals surface area contributed by atoms with E-state index in [1.807, 2.05) is 0 Å². The predicted octanol–water partition coefficient (Wildman–Crippen LogP) is 0.541. The Bertz CT molecular complexity index is 514. The molecule has 0 aliphatic carbocycles. The molecule has 1 aromatic rings. The van der Waals surface area contributed by atoms with Gasteiger partial charge in [0.1, 0.15) is 5.56 Å². The number of carbonyl (C=O) groups excluding carboxylic acids is 2. The molecule has 1 aliphatic rings. The molecule has 2 amide bonds. The molecule has 0 bridgehead atoms. The Morgan fingerprint density at radius 1 is 1.39 bits per heavy atom. The molecule has 1 aliphatic heterocycles. The molecule has 7 nitrogen and oxygen atoms in total. The van der Waals surface area contributed by atoms with E-state index in [0.29, 0.717) is 11.3 Å². The predicted molar refractivity (Wildman–Crippen MR) is 60.4 cm³/mol. The molecular weight excluding hydrogens is 240 g/mol. The number of ether oxygens (including phenoxy) is 3. The standard InChI is InChI=1S/C11H12N2O5/c1-16-6-4-3-5-7(8(6)17-2)10(14)18-9(5)13-11(12)15/h3-4,9H,1-2H3,(H3,12,13,15). The molecule has 1 atom stereocenters. The van der Waals surface area contributed by atoms with Gasteiger partial charge in [0.05, 0.1) is 14.2 Å². The minimum absolute atomic E-state index is 0.232. The average molecular weight is 252 g/mol. The number of hydrogen-bond acceptors (Lipinski definition) is 5. The van der Waals surface area contributed by atoms with Gasteiger partial charge in [0, 0.05) is 5.56 Å². The number of cyclic esters (lactones) is 1. The zero-order chi connectivity index (χ0) is 13.3. The quantitative estimate of drug-likeness (QED) is 0.765. The summed E-state index contributed by atoms with van der Waals surface area (Å²) in [5.74, 6) is 0.0844. The molecule has 0 saturated heterocycles. The number of benzene rings is 1. The van der Waals surface area contributed by atoms with Gasteiger partial charge in [0.15, 0.2) is 11.5 Å². The van der Waals surface area contributed by atoms with Gasteiger partial charge in [-0.25, -0.2) is 9.59 Å². The topological polar surface area (TPSA) is 99.9 Å². The molecular formula is C11H12N2O5. The number of methoxy groups -OCH3 is 2. The highest BCUT2D eigenvalue weighted by Crippen LogP contribution is 2.40. The largest absolute Gasteiger partial charge is 0.493 e. The second-order valence-corrected chi connectivity index (χ2v) is 3.56. The van der Waals surface area contributed by atoms with E-state index in [-0.39, 0.29) is 11.3 Å². The van der Waals surface area contributed by atoms with Crippen molar-refractivity contribution in [2.45, 2.75) is 6.23 Å². The number of fused-ring (bicyclic) bond motifs is 1. The van der Waals surface area contributed by atoms with Crippen molar-refractivity contribution >= 4 is 12.0 Å². The van der Waals surface area contributed by atoms with Crippen LogP contribution in [-0.2, 0) is 4.74 Å². The fourth-order valence-corrected chi connectivity index (χ4v) is 1.84. The summed E-state index contributed by atoms with van der Waals surface area (Å²) < 4.78 is 15.2. The lowest BCUT2D eigenvalue weighted by Crippen LogP contribution is -2.33. The fourth-order valence-electron chi connectivity index (χ4n) is 1.84. The third-order valence-corrected chi connectivity index (χ3v) is 2.56. The van der Waals surface area contributed by atoms with Crippen molar-refractivity contribution < 1.29 is 23.8 Å². The number of nitrogens with one attached hydrogen (secondary N) is 1. The Morgan fingerprint density at radius 3 is 2.67 bits per heavy atom. The van der Waals surface area contributed by atoms with Crippen molar-refractivity contribution in [3.63, 3.8) is 0 Å². The van der Waals surface area contributed by atoms with E-state index in [0.717, 1.165) is 0 Å². The van der Waals surface area contributed by atoms with Crippen molar-refractivity contribution in [1.82, 2.24) is 5.32 Å². The summed E-state index contributed by atoms with van der Waals surface area (Å²) in [6.45, 7) is 0. The van der Waals surface area contributed by atoms with E-state index in [9.17, 15) is 9.59 Å². The van der Waals surface area contributed by atoms with Gasteiger partial charge in [0.25, 0.3) is 0 Å². The monoisotopic (exact) mass is 252 g/mol. The third kappa shape index (κ3) is 1.79. The number of amides is 2. The van der Waals surface area contributed by atoms with E-state index in [4.69, 9.17) is 19.9 Å². The summed E-state index contributed by atoms with van der Waals surface area (Å²) in [4.78, 5) is 22.6. The van der Waals surface area contributed by atoms with Crippen LogP contribution in [0.3, 0.4) is 0 Å². The summed E-state index contributed by atoms with van der Waals surface area (Å²) in [6, 6.07) is 2.45. The van der Waals surface area contributed by atoms with Gasteiger partial charge in [-0.1, -0.05) is 0 Å². The molecule has 18 heavy (non-hydrogen) atoms. The Kier molecular flexibility index (Phi) is 2.97. The molecule has 7 heteroatoms. The molecule has 0 fully saturated rings. The summed E-state index contributed by atoms with van der Waals surface area (Å²) in [6.07, 6.45) is -0.898. The van der Waals surface area contributed by atoms with Gasteiger partial charge >= 0.3 is 12.0 Å². The summed E-state index contributed by atoms with van der Waals surface area (Å²) in [5.41, 5.74) is 5.72. The normalized spacial score (nSPS) is 16.8. The number of rotatable bonds is 3. The van der Waals surface area contributed by atoms with Crippen LogP contribution < -0.4 is 20.5 Å². The maximum Gasteiger partial charge on any atom is 0.344 e. The zero-order valence-electron chi connectivity index (χ0n) is 9.85. The van der Waals surface area contributed by atoms with Crippen LogP contribution in [0, 0.1) is 0 Å². The number of primary amides is 1. The van der Waals surface area contributed by atoms with Crippen molar-refractivity contribution in [2.75, 3.05) is 14.2 Å². The van der Waals surface area contributed by atoms with Gasteiger partial charge < -0.3 is 19.9 Å². The lowest BCUT2D eigenvalue weighted by atomic mass is 10.1. The highest BCUT2D eigenvalue weighted by atomic mass is 16.6. The van der Waals surface area contributed by atoms with E-state index in [2.05, 4.69) is 5.32 Å². The first-order chi connectivity index (χ1) is 8.58. The van der Waals surface area contributed by atoms with E-state index >= 15 is 0 Å². The van der Waals surface area contributed by atoms with Gasteiger partial charge in [-0.05, 0) is 12.1 Å². The van der Waals surface area contributed by atoms with Crippen molar-refractivity contribution in [2.24, 2.45) is 5.73 Å². The molecule has 1 unspecified atom stereocenters. The van der Waals surface area contributed by atoms with E-state index in [1.54, 1.807) is 12.1 Å². The summed E-state index contributed by atoms with van der Waals surface area (Å²) >= 11 is 0. The average Bonchev–Trinajstić information content (AvgIpc) is 2.64. The van der Waals surface area contributed by atoms with Crippen LogP contribution in [-0.4, -0.2) is 26.2 Å². The Morgan fingerprint density at radius 2 is 2.11 bits per heavy atom.